The minimum atomic E-state index is 0.718. The molecule has 1 aromatic heterocycles. The smallest absolute Gasteiger partial charge is 0.0457 e. The van der Waals surface area contributed by atoms with Crippen LogP contribution in [0.1, 0.15) is 38.2 Å². The topological polar surface area (TPSA) is 27.8 Å². The molecular weight excluding hydrogens is 220 g/mol. The molecule has 0 spiro atoms. The lowest BCUT2D eigenvalue weighted by molar-refractivity contribution is 0.307. The molecule has 1 saturated carbocycles. The predicted octanol–water partition coefficient (Wildman–Crippen LogP) is 3.84. The Morgan fingerprint density at radius 2 is 2.00 bits per heavy atom. The fraction of sp³-hybridized carbons (Fsp3) is 0.500. The van der Waals surface area contributed by atoms with Gasteiger partial charge in [-0.15, -0.1) is 0 Å². The summed E-state index contributed by atoms with van der Waals surface area (Å²) in [5.74, 6) is 0.927. The highest BCUT2D eigenvalue weighted by atomic mass is 14.9. The molecular formula is C16H22N2. The van der Waals surface area contributed by atoms with Crippen LogP contribution in [-0.2, 0) is 6.54 Å². The van der Waals surface area contributed by atoms with Crippen molar-refractivity contribution in [2.75, 3.05) is 0 Å². The van der Waals surface area contributed by atoms with E-state index in [0.717, 1.165) is 18.5 Å². The summed E-state index contributed by atoms with van der Waals surface area (Å²) in [7, 11) is 0. The van der Waals surface area contributed by atoms with Gasteiger partial charge in [0.15, 0.2) is 0 Å². The lowest BCUT2D eigenvalue weighted by atomic mass is 9.87. The second-order valence-corrected chi connectivity index (χ2v) is 5.69. The van der Waals surface area contributed by atoms with Crippen molar-refractivity contribution in [1.82, 2.24) is 10.3 Å². The van der Waals surface area contributed by atoms with Crippen molar-refractivity contribution < 1.29 is 0 Å². The number of hydrogen-bond donors (Lipinski definition) is 2. The van der Waals surface area contributed by atoms with Crippen LogP contribution < -0.4 is 5.32 Å². The van der Waals surface area contributed by atoms with E-state index < -0.39 is 0 Å². The third kappa shape index (κ3) is 2.44. The predicted molar refractivity (Wildman–Crippen MR) is 76.6 cm³/mol. The number of benzene rings is 1. The summed E-state index contributed by atoms with van der Waals surface area (Å²) < 4.78 is 0. The number of aromatic nitrogens is 1. The average molecular weight is 242 g/mol. The number of fused-ring (bicyclic) bond motifs is 1. The zero-order chi connectivity index (χ0) is 12.4. The van der Waals surface area contributed by atoms with Crippen LogP contribution in [0, 0.1) is 5.92 Å². The van der Waals surface area contributed by atoms with Gasteiger partial charge < -0.3 is 10.3 Å². The van der Waals surface area contributed by atoms with Crippen molar-refractivity contribution in [3.05, 3.63) is 36.0 Å². The van der Waals surface area contributed by atoms with Crippen LogP contribution in [-0.4, -0.2) is 11.0 Å². The molecule has 1 aliphatic rings. The summed E-state index contributed by atoms with van der Waals surface area (Å²) in [5, 5.41) is 5.08. The maximum atomic E-state index is 3.73. The molecule has 2 aromatic rings. The van der Waals surface area contributed by atoms with E-state index in [1.165, 1.54) is 42.1 Å². The highest BCUT2D eigenvalue weighted by Gasteiger charge is 2.17. The van der Waals surface area contributed by atoms with Crippen LogP contribution >= 0.6 is 0 Å². The summed E-state index contributed by atoms with van der Waals surface area (Å²) >= 11 is 0. The van der Waals surface area contributed by atoms with Crippen molar-refractivity contribution >= 4 is 10.9 Å². The molecule has 0 bridgehead atoms. The third-order valence-electron chi connectivity index (χ3n) is 4.28. The number of rotatable bonds is 3. The van der Waals surface area contributed by atoms with Gasteiger partial charge in [-0.05, 0) is 49.3 Å². The quantitative estimate of drug-likeness (QED) is 0.841. The minimum absolute atomic E-state index is 0.718. The summed E-state index contributed by atoms with van der Waals surface area (Å²) in [6.45, 7) is 3.37. The van der Waals surface area contributed by atoms with E-state index >= 15 is 0 Å². The fourth-order valence-electron chi connectivity index (χ4n) is 3.02. The molecule has 96 valence electrons. The molecule has 1 aliphatic carbocycles. The molecule has 0 amide bonds. The zero-order valence-electron chi connectivity index (χ0n) is 11.1. The largest absolute Gasteiger partial charge is 0.361 e. The van der Waals surface area contributed by atoms with Crippen molar-refractivity contribution in [3.63, 3.8) is 0 Å². The highest BCUT2D eigenvalue weighted by molar-refractivity contribution is 5.82. The first kappa shape index (κ1) is 11.8. The molecule has 0 atom stereocenters. The van der Waals surface area contributed by atoms with Gasteiger partial charge in [-0.1, -0.05) is 19.1 Å². The molecule has 18 heavy (non-hydrogen) atoms. The number of aromatic amines is 1. The van der Waals surface area contributed by atoms with Gasteiger partial charge in [-0.25, -0.2) is 0 Å². The van der Waals surface area contributed by atoms with E-state index in [0.29, 0.717) is 0 Å². The van der Waals surface area contributed by atoms with Crippen LogP contribution in [0.3, 0.4) is 0 Å². The third-order valence-corrected chi connectivity index (χ3v) is 4.28. The molecule has 2 heteroatoms. The van der Waals surface area contributed by atoms with E-state index in [2.05, 4.69) is 41.5 Å². The number of nitrogens with one attached hydrogen (secondary N) is 2. The maximum absolute atomic E-state index is 3.73. The van der Waals surface area contributed by atoms with Gasteiger partial charge in [-0.3, -0.25) is 0 Å². The molecule has 2 N–H and O–H groups in total. The van der Waals surface area contributed by atoms with Crippen molar-refractivity contribution in [3.8, 4) is 0 Å². The Morgan fingerprint density at radius 1 is 1.17 bits per heavy atom. The summed E-state index contributed by atoms with van der Waals surface area (Å²) in [6, 6.07) is 9.40. The van der Waals surface area contributed by atoms with Crippen molar-refractivity contribution in [1.29, 1.82) is 0 Å². The second-order valence-electron chi connectivity index (χ2n) is 5.69. The molecule has 0 unspecified atom stereocenters. The van der Waals surface area contributed by atoms with Crippen LogP contribution in [0.4, 0.5) is 0 Å². The van der Waals surface area contributed by atoms with Gasteiger partial charge >= 0.3 is 0 Å². The van der Waals surface area contributed by atoms with Gasteiger partial charge in [0.2, 0.25) is 0 Å². The van der Waals surface area contributed by atoms with E-state index in [9.17, 15) is 0 Å². The SMILES string of the molecule is CC1CCC(NCc2cccc3[nH]ccc23)CC1. The molecule has 3 rings (SSSR count). The summed E-state index contributed by atoms with van der Waals surface area (Å²) in [5.41, 5.74) is 2.65. The Kier molecular flexibility index (Phi) is 3.37. The van der Waals surface area contributed by atoms with E-state index in [1.807, 2.05) is 6.20 Å². The molecule has 0 radical (unpaired) electrons. The first-order chi connectivity index (χ1) is 8.83. The van der Waals surface area contributed by atoms with E-state index in [4.69, 9.17) is 0 Å². The molecule has 1 heterocycles. The first-order valence-electron chi connectivity index (χ1n) is 7.11. The Labute approximate surface area is 109 Å². The van der Waals surface area contributed by atoms with Crippen LogP contribution in [0.25, 0.3) is 10.9 Å². The lowest BCUT2D eigenvalue weighted by Crippen LogP contribution is -2.32. The number of H-pyrrole nitrogens is 1. The lowest BCUT2D eigenvalue weighted by Gasteiger charge is -2.27. The molecule has 2 nitrogen and oxygen atoms in total. The van der Waals surface area contributed by atoms with Crippen molar-refractivity contribution in [2.45, 2.75) is 45.2 Å². The first-order valence-corrected chi connectivity index (χ1v) is 7.11. The minimum Gasteiger partial charge on any atom is -0.361 e. The monoisotopic (exact) mass is 242 g/mol. The van der Waals surface area contributed by atoms with Gasteiger partial charge in [-0.2, -0.15) is 0 Å². The van der Waals surface area contributed by atoms with Crippen molar-refractivity contribution in [2.24, 2.45) is 5.92 Å². The molecule has 0 aliphatic heterocycles. The van der Waals surface area contributed by atoms with Gasteiger partial charge in [0.1, 0.15) is 0 Å². The normalized spacial score (nSPS) is 24.5. The Morgan fingerprint density at radius 3 is 2.83 bits per heavy atom. The summed E-state index contributed by atoms with van der Waals surface area (Å²) in [6.07, 6.45) is 7.46. The Bertz CT molecular complexity index is 507. The van der Waals surface area contributed by atoms with Gasteiger partial charge in [0.25, 0.3) is 0 Å². The van der Waals surface area contributed by atoms with Crippen LogP contribution in [0.2, 0.25) is 0 Å². The average Bonchev–Trinajstić information content (AvgIpc) is 2.87. The summed E-state index contributed by atoms with van der Waals surface area (Å²) in [4.78, 5) is 3.28. The maximum Gasteiger partial charge on any atom is 0.0457 e. The molecule has 1 aromatic carbocycles. The second kappa shape index (κ2) is 5.15. The van der Waals surface area contributed by atoms with Gasteiger partial charge in [0.05, 0.1) is 0 Å². The van der Waals surface area contributed by atoms with Crippen LogP contribution in [0.15, 0.2) is 30.5 Å². The Hall–Kier alpha value is -1.28. The van der Waals surface area contributed by atoms with Gasteiger partial charge in [0, 0.05) is 29.7 Å². The van der Waals surface area contributed by atoms with E-state index in [-0.39, 0.29) is 0 Å². The van der Waals surface area contributed by atoms with E-state index in [1.54, 1.807) is 0 Å². The molecule has 0 saturated heterocycles. The Balaban J connectivity index is 1.64. The standard InChI is InChI=1S/C16H22N2/c1-12-5-7-14(8-6-12)18-11-13-3-2-4-16-15(13)9-10-17-16/h2-4,9-10,12,14,17-18H,5-8,11H2,1H3. The number of hydrogen-bond acceptors (Lipinski definition) is 1. The zero-order valence-corrected chi connectivity index (χ0v) is 11.1. The van der Waals surface area contributed by atoms with Crippen LogP contribution in [0.5, 0.6) is 0 Å². The fourth-order valence-corrected chi connectivity index (χ4v) is 3.02. The highest BCUT2D eigenvalue weighted by Crippen LogP contribution is 2.24. The molecule has 1 fully saturated rings.